The fraction of sp³-hybridized carbons (Fsp3) is 0.250. The highest BCUT2D eigenvalue weighted by Crippen LogP contribution is 2.35. The summed E-state index contributed by atoms with van der Waals surface area (Å²) < 4.78 is 5.39. The highest BCUT2D eigenvalue weighted by molar-refractivity contribution is 6.31. The molecule has 1 heterocycles. The number of carbonyl (C=O) groups excluding carboxylic acids is 1. The van der Waals surface area contributed by atoms with Crippen LogP contribution in [0.25, 0.3) is 0 Å². The number of carbonyl (C=O) groups is 1. The number of nitrogens with zero attached hydrogens (tertiary/aromatic N) is 2. The number of hydrogen-bond donors (Lipinski definition) is 1. The Morgan fingerprint density at radius 1 is 1.13 bits per heavy atom. The van der Waals surface area contributed by atoms with E-state index in [1.807, 2.05) is 17.0 Å². The van der Waals surface area contributed by atoms with Crippen LogP contribution in [0.2, 0.25) is 5.02 Å². The average molecular weight is 424 g/mol. The lowest BCUT2D eigenvalue weighted by Crippen LogP contribution is -2.23. The van der Waals surface area contributed by atoms with Gasteiger partial charge in [-0.2, -0.15) is 0 Å². The lowest BCUT2D eigenvalue weighted by Gasteiger charge is -2.28. The molecule has 0 aliphatic heterocycles. The SMILES string of the molecule is COc1ccc(C(N)=O)c(N(Cc2ncccc2Cl)c2ccc(C(C)(C)C)cc2)c1. The van der Waals surface area contributed by atoms with Gasteiger partial charge in [0.1, 0.15) is 5.75 Å². The van der Waals surface area contributed by atoms with Gasteiger partial charge in [0.05, 0.1) is 35.6 Å². The number of aromatic nitrogens is 1. The van der Waals surface area contributed by atoms with Gasteiger partial charge in [-0.05, 0) is 47.4 Å². The monoisotopic (exact) mass is 423 g/mol. The molecule has 0 aliphatic carbocycles. The van der Waals surface area contributed by atoms with Crippen molar-refractivity contribution in [3.8, 4) is 5.75 Å². The molecular weight excluding hydrogens is 398 g/mol. The highest BCUT2D eigenvalue weighted by Gasteiger charge is 2.21. The minimum atomic E-state index is -0.518. The van der Waals surface area contributed by atoms with E-state index in [9.17, 15) is 4.79 Å². The van der Waals surface area contributed by atoms with Gasteiger partial charge in [0, 0.05) is 18.0 Å². The summed E-state index contributed by atoms with van der Waals surface area (Å²) in [4.78, 5) is 18.6. The molecule has 0 atom stereocenters. The number of methoxy groups -OCH3 is 1. The summed E-state index contributed by atoms with van der Waals surface area (Å²) in [6.07, 6.45) is 1.70. The molecule has 0 unspecified atom stereocenters. The van der Waals surface area contributed by atoms with Crippen molar-refractivity contribution in [3.05, 3.63) is 82.6 Å². The maximum absolute atomic E-state index is 12.2. The molecule has 0 fully saturated rings. The Kier molecular flexibility index (Phi) is 6.32. The standard InChI is InChI=1S/C24H26ClN3O2/c1-24(2,3)16-7-9-17(10-8-16)28(15-21-20(25)6-5-13-27-21)22-14-18(30-4)11-12-19(22)23(26)29/h5-14H,15H2,1-4H3,(H2,26,29). The summed E-state index contributed by atoms with van der Waals surface area (Å²) in [5.41, 5.74) is 9.52. The molecule has 3 aromatic rings. The molecule has 0 saturated heterocycles. The number of ether oxygens (including phenoxy) is 1. The van der Waals surface area contributed by atoms with E-state index in [1.54, 1.807) is 43.6 Å². The molecule has 2 aromatic carbocycles. The lowest BCUT2D eigenvalue weighted by atomic mass is 9.87. The molecule has 6 heteroatoms. The van der Waals surface area contributed by atoms with Crippen molar-refractivity contribution in [2.75, 3.05) is 12.0 Å². The minimum Gasteiger partial charge on any atom is -0.497 e. The van der Waals surface area contributed by atoms with Crippen molar-refractivity contribution >= 4 is 28.9 Å². The molecule has 0 saturated carbocycles. The number of primary amides is 1. The van der Waals surface area contributed by atoms with Crippen LogP contribution >= 0.6 is 11.6 Å². The summed E-state index contributed by atoms with van der Waals surface area (Å²) in [6.45, 7) is 6.87. The van der Waals surface area contributed by atoms with Gasteiger partial charge in [0.25, 0.3) is 5.91 Å². The number of hydrogen-bond acceptors (Lipinski definition) is 4. The number of nitrogens with two attached hydrogens (primary N) is 1. The number of amides is 1. The Morgan fingerprint density at radius 2 is 1.83 bits per heavy atom. The lowest BCUT2D eigenvalue weighted by molar-refractivity contribution is 0.100. The maximum Gasteiger partial charge on any atom is 0.250 e. The van der Waals surface area contributed by atoms with Gasteiger partial charge in [-0.15, -0.1) is 0 Å². The zero-order chi connectivity index (χ0) is 21.9. The first-order valence-corrected chi connectivity index (χ1v) is 10.0. The van der Waals surface area contributed by atoms with Crippen molar-refractivity contribution in [2.45, 2.75) is 32.7 Å². The van der Waals surface area contributed by atoms with E-state index in [0.29, 0.717) is 34.3 Å². The third kappa shape index (κ3) is 4.74. The molecule has 1 aromatic heterocycles. The van der Waals surface area contributed by atoms with Crippen LogP contribution in [0.5, 0.6) is 5.75 Å². The van der Waals surface area contributed by atoms with E-state index in [-0.39, 0.29) is 5.41 Å². The van der Waals surface area contributed by atoms with E-state index in [4.69, 9.17) is 22.1 Å². The summed E-state index contributed by atoms with van der Waals surface area (Å²) >= 11 is 6.38. The smallest absolute Gasteiger partial charge is 0.250 e. The molecule has 3 rings (SSSR count). The van der Waals surface area contributed by atoms with E-state index in [2.05, 4.69) is 37.9 Å². The van der Waals surface area contributed by atoms with Gasteiger partial charge >= 0.3 is 0 Å². The van der Waals surface area contributed by atoms with Crippen LogP contribution in [0.3, 0.4) is 0 Å². The first-order valence-electron chi connectivity index (χ1n) is 9.66. The summed E-state index contributed by atoms with van der Waals surface area (Å²) in [6, 6.07) is 17.0. The second kappa shape index (κ2) is 8.76. The molecule has 2 N–H and O–H groups in total. The number of anilines is 2. The molecule has 0 bridgehead atoms. The second-order valence-corrected chi connectivity index (χ2v) is 8.47. The average Bonchev–Trinajstić information content (AvgIpc) is 2.72. The fourth-order valence-corrected chi connectivity index (χ4v) is 3.39. The molecule has 1 amide bonds. The molecule has 0 aliphatic rings. The molecule has 5 nitrogen and oxygen atoms in total. The zero-order valence-electron chi connectivity index (χ0n) is 17.6. The zero-order valence-corrected chi connectivity index (χ0v) is 18.4. The van der Waals surface area contributed by atoms with Crippen molar-refractivity contribution in [1.82, 2.24) is 4.98 Å². The molecule has 0 spiro atoms. The molecule has 30 heavy (non-hydrogen) atoms. The van der Waals surface area contributed by atoms with Crippen LogP contribution in [0, 0.1) is 0 Å². The molecule has 0 radical (unpaired) electrons. The van der Waals surface area contributed by atoms with Crippen molar-refractivity contribution < 1.29 is 9.53 Å². The van der Waals surface area contributed by atoms with Gasteiger partial charge in [-0.3, -0.25) is 9.78 Å². The number of pyridine rings is 1. The van der Waals surface area contributed by atoms with Crippen molar-refractivity contribution in [1.29, 1.82) is 0 Å². The quantitative estimate of drug-likeness (QED) is 0.570. The summed E-state index contributed by atoms with van der Waals surface area (Å²) in [5.74, 6) is 0.106. The third-order valence-electron chi connectivity index (χ3n) is 4.95. The van der Waals surface area contributed by atoms with Crippen LogP contribution < -0.4 is 15.4 Å². The van der Waals surface area contributed by atoms with Crippen LogP contribution in [0.15, 0.2) is 60.8 Å². The molecular formula is C24H26ClN3O2. The Balaban J connectivity index is 2.16. The van der Waals surface area contributed by atoms with E-state index in [1.165, 1.54) is 5.56 Å². The van der Waals surface area contributed by atoms with Crippen LogP contribution in [-0.4, -0.2) is 18.0 Å². The number of rotatable bonds is 6. The topological polar surface area (TPSA) is 68.5 Å². The predicted octanol–water partition coefficient (Wildman–Crippen LogP) is 5.48. The Morgan fingerprint density at radius 3 is 2.40 bits per heavy atom. The van der Waals surface area contributed by atoms with Crippen molar-refractivity contribution in [2.24, 2.45) is 5.73 Å². The van der Waals surface area contributed by atoms with E-state index < -0.39 is 5.91 Å². The normalized spacial score (nSPS) is 11.2. The minimum absolute atomic E-state index is 0.0298. The largest absolute Gasteiger partial charge is 0.497 e. The van der Waals surface area contributed by atoms with Gasteiger partial charge < -0.3 is 15.4 Å². The van der Waals surface area contributed by atoms with E-state index in [0.717, 1.165) is 5.69 Å². The Labute approximate surface area is 182 Å². The van der Waals surface area contributed by atoms with Crippen LogP contribution in [-0.2, 0) is 12.0 Å². The number of benzene rings is 2. The second-order valence-electron chi connectivity index (χ2n) is 8.06. The Bertz CT molecular complexity index is 1040. The van der Waals surface area contributed by atoms with Crippen LogP contribution in [0.1, 0.15) is 42.4 Å². The maximum atomic E-state index is 12.2. The number of halogens is 1. The first kappa shape index (κ1) is 21.7. The summed E-state index contributed by atoms with van der Waals surface area (Å²) in [5, 5.41) is 0.553. The Hall–Kier alpha value is -3.05. The molecule has 156 valence electrons. The van der Waals surface area contributed by atoms with Crippen molar-refractivity contribution in [3.63, 3.8) is 0 Å². The van der Waals surface area contributed by atoms with Crippen LogP contribution in [0.4, 0.5) is 11.4 Å². The predicted molar refractivity (Wildman–Crippen MR) is 122 cm³/mol. The van der Waals surface area contributed by atoms with Gasteiger partial charge in [0.2, 0.25) is 0 Å². The fourth-order valence-electron chi connectivity index (χ4n) is 3.21. The first-order chi connectivity index (χ1) is 14.2. The van der Waals surface area contributed by atoms with Gasteiger partial charge in [0.15, 0.2) is 0 Å². The van der Waals surface area contributed by atoms with Gasteiger partial charge in [-0.1, -0.05) is 44.5 Å². The van der Waals surface area contributed by atoms with Gasteiger partial charge in [-0.25, -0.2) is 0 Å². The summed E-state index contributed by atoms with van der Waals surface area (Å²) in [7, 11) is 1.58. The third-order valence-corrected chi connectivity index (χ3v) is 5.29. The van der Waals surface area contributed by atoms with E-state index >= 15 is 0 Å². The highest BCUT2D eigenvalue weighted by atomic mass is 35.5.